The minimum absolute atomic E-state index is 0.552. The van der Waals surface area contributed by atoms with E-state index in [2.05, 4.69) is 10.2 Å². The number of hydrogen-bond acceptors (Lipinski definition) is 4. The van der Waals surface area contributed by atoms with Crippen LogP contribution in [0.1, 0.15) is 13.8 Å². The van der Waals surface area contributed by atoms with Crippen LogP contribution in [0.5, 0.6) is 0 Å². The van der Waals surface area contributed by atoms with Crippen LogP contribution in [0.2, 0.25) is 0 Å². The van der Waals surface area contributed by atoms with Gasteiger partial charge in [0.1, 0.15) is 0 Å². The van der Waals surface area contributed by atoms with Crippen molar-refractivity contribution < 1.29 is 0 Å². The van der Waals surface area contributed by atoms with Crippen molar-refractivity contribution in [3.05, 3.63) is 0 Å². The highest BCUT2D eigenvalue weighted by molar-refractivity contribution is 8.23. The van der Waals surface area contributed by atoms with Crippen LogP contribution in [0, 0.1) is 0 Å². The Morgan fingerprint density at radius 3 is 1.58 bits per heavy atom. The highest BCUT2D eigenvalue weighted by Crippen LogP contribution is 2.08. The van der Waals surface area contributed by atoms with Crippen LogP contribution in [0.15, 0.2) is 10.2 Å². The van der Waals surface area contributed by atoms with E-state index in [9.17, 15) is 0 Å². The Balaban J connectivity index is 3.73. The number of hydrogen-bond donors (Lipinski definition) is 0. The predicted octanol–water partition coefficient (Wildman–Crippen LogP) is 3.51. The van der Waals surface area contributed by atoms with E-state index in [-0.39, 0.29) is 0 Å². The maximum Gasteiger partial charge on any atom is 0.182 e. The standard InChI is InChI=1S/C6H10N2S4/c1-3-11-5(9)7-8-6(10)12-4-2/h3-4H2,1-2H3/b8-7+. The second-order valence-corrected chi connectivity index (χ2v) is 5.39. The minimum atomic E-state index is 0.552. The molecule has 12 heavy (non-hydrogen) atoms. The predicted molar refractivity (Wildman–Crippen MR) is 66.3 cm³/mol. The van der Waals surface area contributed by atoms with E-state index in [0.717, 1.165) is 11.5 Å². The highest BCUT2D eigenvalue weighted by atomic mass is 32.2. The van der Waals surface area contributed by atoms with E-state index in [1.165, 1.54) is 23.5 Å². The summed E-state index contributed by atoms with van der Waals surface area (Å²) < 4.78 is 1.10. The molecule has 0 saturated carbocycles. The van der Waals surface area contributed by atoms with E-state index in [0.29, 0.717) is 8.64 Å². The van der Waals surface area contributed by atoms with Crippen molar-refractivity contribution in [2.24, 2.45) is 10.2 Å². The number of azo groups is 1. The largest absolute Gasteiger partial charge is 0.182 e. The number of nitrogens with zero attached hydrogens (tertiary/aromatic N) is 2. The summed E-state index contributed by atoms with van der Waals surface area (Å²) in [6, 6.07) is 0. The van der Waals surface area contributed by atoms with Crippen LogP contribution in [0.3, 0.4) is 0 Å². The average Bonchev–Trinajstić information content (AvgIpc) is 2.02. The summed E-state index contributed by atoms with van der Waals surface area (Å²) >= 11 is 12.8. The molecule has 0 aromatic carbocycles. The molecule has 0 bridgehead atoms. The zero-order valence-electron chi connectivity index (χ0n) is 6.94. The van der Waals surface area contributed by atoms with Gasteiger partial charge in [0, 0.05) is 0 Å². The molecule has 0 aromatic heterocycles. The molecule has 0 aliphatic heterocycles. The van der Waals surface area contributed by atoms with Crippen LogP contribution in [0.25, 0.3) is 0 Å². The lowest BCUT2D eigenvalue weighted by atomic mass is 11.0. The third-order valence-corrected chi connectivity index (χ3v) is 2.85. The fraction of sp³-hybridized carbons (Fsp3) is 0.667. The molecule has 0 aliphatic carbocycles. The summed E-state index contributed by atoms with van der Waals surface area (Å²) in [6.07, 6.45) is 0. The first-order valence-corrected chi connectivity index (χ1v) is 6.24. The molecule has 2 nitrogen and oxygen atoms in total. The maximum atomic E-state index is 4.89. The number of thiocarbonyl (C=S) groups is 2. The Kier molecular flexibility index (Phi) is 8.42. The molecule has 0 heterocycles. The van der Waals surface area contributed by atoms with Gasteiger partial charge in [0.2, 0.25) is 0 Å². The molecule has 0 atom stereocenters. The molecule has 0 rings (SSSR count). The van der Waals surface area contributed by atoms with Crippen molar-refractivity contribution in [3.63, 3.8) is 0 Å². The molecule has 0 radical (unpaired) electrons. The molecular weight excluding hydrogens is 228 g/mol. The lowest BCUT2D eigenvalue weighted by Crippen LogP contribution is -1.85. The second kappa shape index (κ2) is 8.10. The van der Waals surface area contributed by atoms with Gasteiger partial charge in [-0.05, 0) is 35.9 Å². The fourth-order valence-electron chi connectivity index (χ4n) is 0.386. The van der Waals surface area contributed by atoms with E-state index < -0.39 is 0 Å². The van der Waals surface area contributed by atoms with E-state index >= 15 is 0 Å². The van der Waals surface area contributed by atoms with Crippen LogP contribution in [0.4, 0.5) is 0 Å². The Labute approximate surface area is 92.0 Å². The van der Waals surface area contributed by atoms with Gasteiger partial charge in [-0.3, -0.25) is 0 Å². The van der Waals surface area contributed by atoms with Gasteiger partial charge in [0.05, 0.1) is 0 Å². The highest BCUT2D eigenvalue weighted by Gasteiger charge is 1.94. The molecule has 0 aromatic rings. The molecular formula is C6H10N2S4. The molecule has 0 N–H and O–H groups in total. The van der Waals surface area contributed by atoms with Gasteiger partial charge in [-0.15, -0.1) is 10.2 Å². The maximum absolute atomic E-state index is 4.89. The van der Waals surface area contributed by atoms with Crippen molar-refractivity contribution in [1.82, 2.24) is 0 Å². The third kappa shape index (κ3) is 7.15. The fourth-order valence-corrected chi connectivity index (χ4v) is 1.87. The lowest BCUT2D eigenvalue weighted by Gasteiger charge is -1.92. The third-order valence-electron chi connectivity index (χ3n) is 0.749. The summed E-state index contributed by atoms with van der Waals surface area (Å²) in [5.74, 6) is 1.84. The lowest BCUT2D eigenvalue weighted by molar-refractivity contribution is 1.41. The normalized spacial score (nSPS) is 10.5. The first kappa shape index (κ1) is 12.5. The van der Waals surface area contributed by atoms with Gasteiger partial charge in [-0.25, -0.2) is 0 Å². The average molecular weight is 238 g/mol. The molecule has 6 heteroatoms. The Morgan fingerprint density at radius 2 is 1.33 bits per heavy atom. The molecule has 0 fully saturated rings. The summed E-state index contributed by atoms with van der Waals surface area (Å²) in [6.45, 7) is 4.04. The van der Waals surface area contributed by atoms with Crippen molar-refractivity contribution in [3.8, 4) is 0 Å². The van der Waals surface area contributed by atoms with Gasteiger partial charge in [-0.1, -0.05) is 37.4 Å². The van der Waals surface area contributed by atoms with Crippen molar-refractivity contribution >= 4 is 56.6 Å². The van der Waals surface area contributed by atoms with Crippen LogP contribution in [-0.4, -0.2) is 20.1 Å². The second-order valence-electron chi connectivity index (χ2n) is 1.60. The molecule has 0 unspecified atom stereocenters. The van der Waals surface area contributed by atoms with Crippen molar-refractivity contribution in [1.29, 1.82) is 0 Å². The SMILES string of the molecule is CCSC(=S)/N=N/C(=S)SCC. The van der Waals surface area contributed by atoms with Gasteiger partial charge >= 0.3 is 0 Å². The van der Waals surface area contributed by atoms with Crippen molar-refractivity contribution in [2.45, 2.75) is 13.8 Å². The number of thioether (sulfide) groups is 2. The van der Waals surface area contributed by atoms with Crippen LogP contribution < -0.4 is 0 Å². The topological polar surface area (TPSA) is 24.7 Å². The summed E-state index contributed by atoms with van der Waals surface area (Å²) in [4.78, 5) is 0. The van der Waals surface area contributed by atoms with Gasteiger partial charge in [0.25, 0.3) is 0 Å². The zero-order chi connectivity index (χ0) is 9.40. The smallest absolute Gasteiger partial charge is 0.130 e. The van der Waals surface area contributed by atoms with Crippen molar-refractivity contribution in [2.75, 3.05) is 11.5 Å². The van der Waals surface area contributed by atoms with Gasteiger partial charge < -0.3 is 0 Å². The Bertz CT molecular complexity index is 170. The van der Waals surface area contributed by atoms with E-state index in [1.54, 1.807) is 0 Å². The molecule has 0 spiro atoms. The Morgan fingerprint density at radius 1 is 1.00 bits per heavy atom. The quantitative estimate of drug-likeness (QED) is 0.543. The van der Waals surface area contributed by atoms with Gasteiger partial charge in [-0.2, -0.15) is 0 Å². The van der Waals surface area contributed by atoms with E-state index in [1.807, 2.05) is 13.8 Å². The monoisotopic (exact) mass is 238 g/mol. The molecule has 68 valence electrons. The van der Waals surface area contributed by atoms with Gasteiger partial charge in [0.15, 0.2) is 8.64 Å². The zero-order valence-corrected chi connectivity index (χ0v) is 10.2. The van der Waals surface area contributed by atoms with E-state index in [4.69, 9.17) is 24.4 Å². The minimum Gasteiger partial charge on any atom is -0.130 e. The summed E-state index contributed by atoms with van der Waals surface area (Å²) in [5, 5.41) is 7.58. The summed E-state index contributed by atoms with van der Waals surface area (Å²) in [5.41, 5.74) is 0. The Hall–Kier alpha value is 0.480. The summed E-state index contributed by atoms with van der Waals surface area (Å²) in [7, 11) is 0. The van der Waals surface area contributed by atoms with Crippen LogP contribution in [-0.2, 0) is 0 Å². The molecule has 0 saturated heterocycles. The van der Waals surface area contributed by atoms with Crippen LogP contribution >= 0.6 is 48.0 Å². The molecule has 0 aliphatic rings. The molecule has 0 amide bonds. The first-order valence-electron chi connectivity index (χ1n) is 3.46. The number of rotatable bonds is 2. The first-order chi connectivity index (χ1) is 5.70.